The molecule has 2 aromatic rings. The molecule has 1 heterocycles. The molecule has 10 heteroatoms. The van der Waals surface area contributed by atoms with Gasteiger partial charge in [0.05, 0.1) is 13.2 Å². The molecule has 0 aliphatic heterocycles. The van der Waals surface area contributed by atoms with Gasteiger partial charge in [0, 0.05) is 23.5 Å². The number of carboxylic acids is 1. The quantitative estimate of drug-likeness (QED) is 0.266. The summed E-state index contributed by atoms with van der Waals surface area (Å²) in [5.41, 5.74) is 7.03. The molecule has 0 aliphatic carbocycles. The van der Waals surface area contributed by atoms with E-state index in [9.17, 15) is 14.4 Å². The van der Waals surface area contributed by atoms with Crippen molar-refractivity contribution in [2.24, 2.45) is 5.73 Å². The Bertz CT molecular complexity index is 821. The number of para-hydroxylation sites is 1. The van der Waals surface area contributed by atoms with Crippen LogP contribution in [-0.2, 0) is 20.8 Å². The Morgan fingerprint density at radius 2 is 1.70 bits per heavy atom. The minimum absolute atomic E-state index is 0.0531. The van der Waals surface area contributed by atoms with Gasteiger partial charge < -0.3 is 36.7 Å². The lowest BCUT2D eigenvalue weighted by atomic mass is 10.0. The second-order valence-corrected chi connectivity index (χ2v) is 6.00. The molecular formula is C17H22N4O6. The number of rotatable bonds is 9. The van der Waals surface area contributed by atoms with Gasteiger partial charge in [0.25, 0.3) is 0 Å². The van der Waals surface area contributed by atoms with Crippen LogP contribution in [0.4, 0.5) is 0 Å². The summed E-state index contributed by atoms with van der Waals surface area (Å²) in [7, 11) is 0. The molecule has 0 saturated heterocycles. The average molecular weight is 378 g/mol. The third-order valence-electron chi connectivity index (χ3n) is 4.06. The molecule has 2 rings (SSSR count). The molecule has 27 heavy (non-hydrogen) atoms. The number of nitrogens with two attached hydrogens (primary N) is 1. The number of aromatic amines is 1. The standard InChI is InChI=1S/C17H22N4O6/c18-11(7-22)15(24)20-13(16(25)21-14(8-23)17(26)27)5-9-6-19-12-4-2-1-3-10(9)12/h1-4,6,11,13-14,19,22-23H,5,7-8,18H2,(H,20,24)(H,21,25)(H,26,27). The van der Waals surface area contributed by atoms with Crippen molar-refractivity contribution in [3.8, 4) is 0 Å². The fourth-order valence-electron chi connectivity index (χ4n) is 2.55. The van der Waals surface area contributed by atoms with Crippen LogP contribution in [-0.4, -0.2) is 69.4 Å². The van der Waals surface area contributed by atoms with Gasteiger partial charge in [-0.2, -0.15) is 0 Å². The molecule has 3 atom stereocenters. The molecule has 10 nitrogen and oxygen atoms in total. The molecular weight excluding hydrogens is 356 g/mol. The van der Waals surface area contributed by atoms with E-state index in [4.69, 9.17) is 21.1 Å². The summed E-state index contributed by atoms with van der Waals surface area (Å²) in [5.74, 6) is -2.95. The number of carboxylic acid groups (broad SMARTS) is 1. The van der Waals surface area contributed by atoms with Crippen molar-refractivity contribution in [3.63, 3.8) is 0 Å². The van der Waals surface area contributed by atoms with E-state index in [2.05, 4.69) is 15.6 Å². The number of aliphatic hydroxyl groups excluding tert-OH is 2. The highest BCUT2D eigenvalue weighted by Gasteiger charge is 2.28. The Balaban J connectivity index is 2.24. The number of hydrogen-bond acceptors (Lipinski definition) is 6. The number of aromatic nitrogens is 1. The predicted octanol–water partition coefficient (Wildman–Crippen LogP) is -1.92. The highest BCUT2D eigenvalue weighted by Crippen LogP contribution is 2.19. The van der Waals surface area contributed by atoms with Crippen LogP contribution in [0.2, 0.25) is 0 Å². The van der Waals surface area contributed by atoms with E-state index in [1.807, 2.05) is 24.3 Å². The van der Waals surface area contributed by atoms with Crippen molar-refractivity contribution >= 4 is 28.7 Å². The first-order valence-corrected chi connectivity index (χ1v) is 8.23. The van der Waals surface area contributed by atoms with Crippen molar-refractivity contribution in [1.82, 2.24) is 15.6 Å². The Labute approximate surface area is 154 Å². The van der Waals surface area contributed by atoms with E-state index in [0.717, 1.165) is 16.5 Å². The molecule has 0 spiro atoms. The number of nitrogens with one attached hydrogen (secondary N) is 3. The zero-order chi connectivity index (χ0) is 20.0. The lowest BCUT2D eigenvalue weighted by Gasteiger charge is -2.21. The largest absolute Gasteiger partial charge is 0.480 e. The van der Waals surface area contributed by atoms with Crippen LogP contribution in [0.5, 0.6) is 0 Å². The number of carbonyl (C=O) groups excluding carboxylic acids is 2. The van der Waals surface area contributed by atoms with Crippen LogP contribution >= 0.6 is 0 Å². The zero-order valence-corrected chi connectivity index (χ0v) is 14.4. The molecule has 0 aliphatic rings. The van der Waals surface area contributed by atoms with Crippen molar-refractivity contribution in [2.75, 3.05) is 13.2 Å². The Kier molecular flexibility index (Phi) is 6.88. The van der Waals surface area contributed by atoms with E-state index < -0.39 is 49.1 Å². The topological polar surface area (TPSA) is 178 Å². The summed E-state index contributed by atoms with van der Waals surface area (Å²) < 4.78 is 0. The van der Waals surface area contributed by atoms with Gasteiger partial charge in [0.2, 0.25) is 11.8 Å². The molecule has 0 saturated carbocycles. The van der Waals surface area contributed by atoms with Crippen LogP contribution in [0.3, 0.4) is 0 Å². The van der Waals surface area contributed by atoms with Gasteiger partial charge in [-0.3, -0.25) is 9.59 Å². The maximum Gasteiger partial charge on any atom is 0.328 e. The molecule has 1 aromatic carbocycles. The monoisotopic (exact) mass is 378 g/mol. The van der Waals surface area contributed by atoms with E-state index >= 15 is 0 Å². The smallest absolute Gasteiger partial charge is 0.328 e. The first-order valence-electron chi connectivity index (χ1n) is 8.23. The van der Waals surface area contributed by atoms with Crippen molar-refractivity contribution in [3.05, 3.63) is 36.0 Å². The van der Waals surface area contributed by atoms with Gasteiger partial charge in [-0.1, -0.05) is 18.2 Å². The van der Waals surface area contributed by atoms with Crippen LogP contribution in [0, 0.1) is 0 Å². The molecule has 0 bridgehead atoms. The summed E-state index contributed by atoms with van der Waals surface area (Å²) in [6, 6.07) is 3.46. The highest BCUT2D eigenvalue weighted by atomic mass is 16.4. The molecule has 3 unspecified atom stereocenters. The second kappa shape index (κ2) is 9.12. The lowest BCUT2D eigenvalue weighted by Crippen LogP contribution is -2.56. The number of benzene rings is 1. The van der Waals surface area contributed by atoms with Gasteiger partial charge in [0.1, 0.15) is 18.1 Å². The summed E-state index contributed by atoms with van der Waals surface area (Å²) in [4.78, 5) is 38.6. The number of hydrogen-bond donors (Lipinski definition) is 7. The maximum absolute atomic E-state index is 12.5. The minimum Gasteiger partial charge on any atom is -0.480 e. The molecule has 0 radical (unpaired) electrons. The number of carbonyl (C=O) groups is 3. The van der Waals surface area contributed by atoms with E-state index in [1.165, 1.54) is 0 Å². The van der Waals surface area contributed by atoms with Gasteiger partial charge in [-0.25, -0.2) is 4.79 Å². The van der Waals surface area contributed by atoms with Gasteiger partial charge >= 0.3 is 5.97 Å². The molecule has 0 fully saturated rings. The molecule has 146 valence electrons. The first-order chi connectivity index (χ1) is 12.9. The number of fused-ring (bicyclic) bond motifs is 1. The SMILES string of the molecule is NC(CO)C(=O)NC(Cc1c[nH]c2ccccc12)C(=O)NC(CO)C(=O)O. The average Bonchev–Trinajstić information content (AvgIpc) is 3.07. The van der Waals surface area contributed by atoms with Crippen LogP contribution in [0.25, 0.3) is 10.9 Å². The van der Waals surface area contributed by atoms with Gasteiger partial charge in [-0.15, -0.1) is 0 Å². The van der Waals surface area contributed by atoms with Crippen LogP contribution < -0.4 is 16.4 Å². The minimum atomic E-state index is -1.51. The van der Waals surface area contributed by atoms with Crippen LogP contribution in [0.1, 0.15) is 5.56 Å². The van der Waals surface area contributed by atoms with E-state index in [-0.39, 0.29) is 6.42 Å². The fraction of sp³-hybridized carbons (Fsp3) is 0.353. The molecule has 8 N–H and O–H groups in total. The Hall–Kier alpha value is -2.95. The third kappa shape index (κ3) is 5.03. The van der Waals surface area contributed by atoms with Crippen LogP contribution in [0.15, 0.2) is 30.5 Å². The maximum atomic E-state index is 12.5. The lowest BCUT2D eigenvalue weighted by molar-refractivity contribution is -0.143. The summed E-state index contributed by atoms with van der Waals surface area (Å²) in [6.07, 6.45) is 1.74. The number of H-pyrrole nitrogens is 1. The number of aliphatic hydroxyl groups is 2. The van der Waals surface area contributed by atoms with E-state index in [1.54, 1.807) is 6.20 Å². The van der Waals surface area contributed by atoms with Gasteiger partial charge in [0.15, 0.2) is 0 Å². The summed E-state index contributed by atoms with van der Waals surface area (Å²) in [5, 5.41) is 32.5. The number of aliphatic carboxylic acids is 1. The zero-order valence-electron chi connectivity index (χ0n) is 14.4. The van der Waals surface area contributed by atoms with Gasteiger partial charge in [-0.05, 0) is 11.6 Å². The van der Waals surface area contributed by atoms with Crippen molar-refractivity contribution < 1.29 is 29.7 Å². The predicted molar refractivity (Wildman–Crippen MR) is 95.6 cm³/mol. The summed E-state index contributed by atoms with van der Waals surface area (Å²) >= 11 is 0. The third-order valence-corrected chi connectivity index (χ3v) is 4.06. The molecule has 1 aromatic heterocycles. The normalized spacial score (nSPS) is 14.3. The highest BCUT2D eigenvalue weighted by molar-refractivity contribution is 5.93. The second-order valence-electron chi connectivity index (χ2n) is 6.00. The van der Waals surface area contributed by atoms with E-state index in [0.29, 0.717) is 0 Å². The number of amides is 2. The molecule has 2 amide bonds. The fourth-order valence-corrected chi connectivity index (χ4v) is 2.55. The Morgan fingerprint density at radius 3 is 2.33 bits per heavy atom. The van der Waals surface area contributed by atoms with Crippen molar-refractivity contribution in [2.45, 2.75) is 24.5 Å². The van der Waals surface area contributed by atoms with Crippen molar-refractivity contribution in [1.29, 1.82) is 0 Å². The Morgan fingerprint density at radius 1 is 1.04 bits per heavy atom. The summed E-state index contributed by atoms with van der Waals surface area (Å²) in [6.45, 7) is -1.41. The first kappa shape index (κ1) is 20.4.